The smallest absolute Gasteiger partial charge is 0.211 e. The molecular weight excluding hydrogens is 288 g/mol. The van der Waals surface area contributed by atoms with Gasteiger partial charge in [0.15, 0.2) is 5.96 Å². The van der Waals surface area contributed by atoms with E-state index in [1.54, 1.807) is 11.4 Å². The van der Waals surface area contributed by atoms with Gasteiger partial charge in [-0.25, -0.2) is 12.7 Å². The van der Waals surface area contributed by atoms with Gasteiger partial charge in [-0.1, -0.05) is 19.8 Å². The molecule has 1 saturated heterocycles. The molecule has 0 radical (unpaired) electrons. The van der Waals surface area contributed by atoms with E-state index in [-0.39, 0.29) is 0 Å². The van der Waals surface area contributed by atoms with Gasteiger partial charge in [0.25, 0.3) is 0 Å². The lowest BCUT2D eigenvalue weighted by Gasteiger charge is -2.30. The van der Waals surface area contributed by atoms with Crippen LogP contribution in [0.3, 0.4) is 0 Å². The van der Waals surface area contributed by atoms with Crippen molar-refractivity contribution in [2.75, 3.05) is 39.5 Å². The summed E-state index contributed by atoms with van der Waals surface area (Å²) in [5, 5.41) is 6.65. The molecular formula is C14H30N4O2S. The molecule has 124 valence electrons. The zero-order chi connectivity index (χ0) is 15.7. The number of guanidine groups is 1. The maximum absolute atomic E-state index is 11.5. The highest BCUT2D eigenvalue weighted by Crippen LogP contribution is 2.18. The molecule has 0 saturated carbocycles. The minimum atomic E-state index is -3.03. The Bertz CT molecular complexity index is 415. The maximum Gasteiger partial charge on any atom is 0.211 e. The third-order valence-electron chi connectivity index (χ3n) is 3.90. The first-order valence-corrected chi connectivity index (χ1v) is 9.71. The Morgan fingerprint density at radius 1 is 1.24 bits per heavy atom. The van der Waals surface area contributed by atoms with Crippen LogP contribution in [0.15, 0.2) is 4.99 Å². The first kappa shape index (κ1) is 18.2. The van der Waals surface area contributed by atoms with Crippen molar-refractivity contribution in [2.24, 2.45) is 10.9 Å². The number of sulfonamides is 1. The molecule has 0 aromatic rings. The van der Waals surface area contributed by atoms with Crippen molar-refractivity contribution in [3.8, 4) is 0 Å². The molecule has 1 aliphatic rings. The molecule has 0 aromatic heterocycles. The Hall–Kier alpha value is -0.820. The topological polar surface area (TPSA) is 73.8 Å². The SMILES string of the molecule is CCCCCNC(=NC)NCC1CCN(S(C)(=O)=O)CC1. The standard InChI is InChI=1S/C14H30N4O2S/c1-4-5-6-9-16-14(15-2)17-12-13-7-10-18(11-8-13)21(3,19)20/h13H,4-12H2,1-3H3,(H2,15,16,17). The van der Waals surface area contributed by atoms with E-state index in [1.807, 2.05) is 0 Å². The van der Waals surface area contributed by atoms with Crippen LogP contribution >= 0.6 is 0 Å². The number of hydrogen-bond acceptors (Lipinski definition) is 3. The number of aliphatic imine (C=N–C) groups is 1. The van der Waals surface area contributed by atoms with Gasteiger partial charge in [-0.2, -0.15) is 0 Å². The van der Waals surface area contributed by atoms with Crippen molar-refractivity contribution in [1.29, 1.82) is 0 Å². The molecule has 0 atom stereocenters. The molecule has 1 rings (SSSR count). The number of nitrogens with one attached hydrogen (secondary N) is 2. The van der Waals surface area contributed by atoms with Crippen LogP contribution in [-0.2, 0) is 10.0 Å². The summed E-state index contributed by atoms with van der Waals surface area (Å²) in [4.78, 5) is 4.21. The van der Waals surface area contributed by atoms with Gasteiger partial charge in [-0.15, -0.1) is 0 Å². The molecule has 0 unspecified atom stereocenters. The summed E-state index contributed by atoms with van der Waals surface area (Å²) in [6, 6.07) is 0. The summed E-state index contributed by atoms with van der Waals surface area (Å²) in [7, 11) is -1.25. The van der Waals surface area contributed by atoms with Gasteiger partial charge < -0.3 is 10.6 Å². The average molecular weight is 318 g/mol. The number of piperidine rings is 1. The monoisotopic (exact) mass is 318 g/mol. The molecule has 7 heteroatoms. The molecule has 0 aromatic carbocycles. The summed E-state index contributed by atoms with van der Waals surface area (Å²) >= 11 is 0. The number of unbranched alkanes of at least 4 members (excludes halogenated alkanes) is 2. The lowest BCUT2D eigenvalue weighted by atomic mass is 9.98. The molecule has 2 N–H and O–H groups in total. The van der Waals surface area contributed by atoms with Crippen molar-refractivity contribution < 1.29 is 8.42 Å². The fourth-order valence-corrected chi connectivity index (χ4v) is 3.36. The summed E-state index contributed by atoms with van der Waals surface area (Å²) < 4.78 is 24.5. The van der Waals surface area contributed by atoms with Crippen LogP contribution in [0.1, 0.15) is 39.0 Å². The van der Waals surface area contributed by atoms with Crippen LogP contribution in [0.25, 0.3) is 0 Å². The normalized spacial score (nSPS) is 18.7. The highest BCUT2D eigenvalue weighted by molar-refractivity contribution is 7.88. The first-order chi connectivity index (χ1) is 9.97. The fourth-order valence-electron chi connectivity index (χ4n) is 2.49. The predicted molar refractivity (Wildman–Crippen MR) is 88.0 cm³/mol. The zero-order valence-corrected chi connectivity index (χ0v) is 14.4. The lowest BCUT2D eigenvalue weighted by molar-refractivity contribution is 0.275. The fraction of sp³-hybridized carbons (Fsp3) is 0.929. The van der Waals surface area contributed by atoms with E-state index < -0.39 is 10.0 Å². The van der Waals surface area contributed by atoms with Crippen LogP contribution < -0.4 is 10.6 Å². The van der Waals surface area contributed by atoms with Gasteiger partial charge in [0, 0.05) is 33.2 Å². The maximum atomic E-state index is 11.5. The molecule has 0 bridgehead atoms. The highest BCUT2D eigenvalue weighted by Gasteiger charge is 2.24. The van der Waals surface area contributed by atoms with E-state index in [1.165, 1.54) is 19.1 Å². The summed E-state index contributed by atoms with van der Waals surface area (Å²) in [5.74, 6) is 1.36. The van der Waals surface area contributed by atoms with Crippen molar-refractivity contribution in [1.82, 2.24) is 14.9 Å². The number of hydrogen-bond donors (Lipinski definition) is 2. The van der Waals surface area contributed by atoms with Crippen molar-refractivity contribution in [3.63, 3.8) is 0 Å². The second-order valence-electron chi connectivity index (χ2n) is 5.69. The van der Waals surface area contributed by atoms with E-state index >= 15 is 0 Å². The van der Waals surface area contributed by atoms with Crippen LogP contribution in [0.4, 0.5) is 0 Å². The quantitative estimate of drug-likeness (QED) is 0.417. The molecule has 0 aliphatic carbocycles. The Balaban J connectivity index is 2.23. The van der Waals surface area contributed by atoms with E-state index in [9.17, 15) is 8.42 Å². The molecule has 21 heavy (non-hydrogen) atoms. The third kappa shape index (κ3) is 7.13. The second kappa shape index (κ2) is 9.25. The zero-order valence-electron chi connectivity index (χ0n) is 13.6. The molecule has 0 spiro atoms. The molecule has 1 aliphatic heterocycles. The predicted octanol–water partition coefficient (Wildman–Crippen LogP) is 1.01. The molecule has 6 nitrogen and oxygen atoms in total. The van der Waals surface area contributed by atoms with Gasteiger partial charge in [-0.3, -0.25) is 4.99 Å². The van der Waals surface area contributed by atoms with Crippen molar-refractivity contribution in [3.05, 3.63) is 0 Å². The molecule has 1 fully saturated rings. The average Bonchev–Trinajstić information content (AvgIpc) is 2.46. The van der Waals surface area contributed by atoms with E-state index in [0.29, 0.717) is 19.0 Å². The number of nitrogens with zero attached hydrogens (tertiary/aromatic N) is 2. The minimum absolute atomic E-state index is 0.511. The van der Waals surface area contributed by atoms with Crippen molar-refractivity contribution in [2.45, 2.75) is 39.0 Å². The van der Waals surface area contributed by atoms with Crippen LogP contribution in [0.5, 0.6) is 0 Å². The van der Waals surface area contributed by atoms with Gasteiger partial charge in [-0.05, 0) is 25.2 Å². The van der Waals surface area contributed by atoms with Crippen molar-refractivity contribution >= 4 is 16.0 Å². The van der Waals surface area contributed by atoms with Gasteiger partial charge in [0.1, 0.15) is 0 Å². The van der Waals surface area contributed by atoms with Gasteiger partial charge >= 0.3 is 0 Å². The van der Waals surface area contributed by atoms with E-state index in [2.05, 4.69) is 22.5 Å². The second-order valence-corrected chi connectivity index (χ2v) is 7.67. The minimum Gasteiger partial charge on any atom is -0.356 e. The Morgan fingerprint density at radius 3 is 2.43 bits per heavy atom. The van der Waals surface area contributed by atoms with Crippen LogP contribution in [0, 0.1) is 5.92 Å². The summed E-state index contributed by atoms with van der Waals surface area (Å²) in [5.41, 5.74) is 0. The van der Waals surface area contributed by atoms with Gasteiger partial charge in [0.05, 0.1) is 6.26 Å². The lowest BCUT2D eigenvalue weighted by Crippen LogP contribution is -2.44. The Morgan fingerprint density at radius 2 is 1.90 bits per heavy atom. The first-order valence-electron chi connectivity index (χ1n) is 7.87. The summed E-state index contributed by atoms with van der Waals surface area (Å²) in [6.07, 6.45) is 6.71. The summed E-state index contributed by atoms with van der Waals surface area (Å²) in [6.45, 7) is 5.25. The Kier molecular flexibility index (Phi) is 8.03. The highest BCUT2D eigenvalue weighted by atomic mass is 32.2. The van der Waals surface area contributed by atoms with Crippen LogP contribution in [0.2, 0.25) is 0 Å². The Labute approximate surface area is 129 Å². The molecule has 1 heterocycles. The van der Waals surface area contributed by atoms with E-state index in [4.69, 9.17) is 0 Å². The third-order valence-corrected chi connectivity index (χ3v) is 5.20. The largest absolute Gasteiger partial charge is 0.356 e. The van der Waals surface area contributed by atoms with Crippen LogP contribution in [-0.4, -0.2) is 58.2 Å². The van der Waals surface area contributed by atoms with Gasteiger partial charge in [0.2, 0.25) is 10.0 Å². The van der Waals surface area contributed by atoms with E-state index in [0.717, 1.165) is 38.3 Å². The molecule has 0 amide bonds. The number of rotatable bonds is 7.